The summed E-state index contributed by atoms with van der Waals surface area (Å²) in [7, 11) is 0. The number of non-ortho nitro benzene ring substituents is 1. The molecule has 1 aromatic heterocycles. The van der Waals surface area contributed by atoms with Gasteiger partial charge in [-0.15, -0.1) is 10.2 Å². The fourth-order valence-corrected chi connectivity index (χ4v) is 4.31. The highest BCUT2D eigenvalue weighted by atomic mass is 32.2. The molecule has 0 fully saturated rings. The molecule has 0 radical (unpaired) electrons. The summed E-state index contributed by atoms with van der Waals surface area (Å²) in [6, 6.07) is 14.2. The summed E-state index contributed by atoms with van der Waals surface area (Å²) in [6.45, 7) is 3.30. The fraction of sp³-hybridized carbons (Fsp3) is 0.250. The Morgan fingerprint density at radius 1 is 1.17 bits per heavy atom. The summed E-state index contributed by atoms with van der Waals surface area (Å²) in [5.74, 6) is 0.943. The number of carbonyl (C=O) groups is 1. The van der Waals surface area contributed by atoms with Gasteiger partial charge in [0.25, 0.3) is 5.69 Å². The fourth-order valence-electron chi connectivity index (χ4n) is 3.43. The lowest BCUT2D eigenvalue weighted by Crippen LogP contribution is -2.30. The van der Waals surface area contributed by atoms with Crippen LogP contribution < -0.4 is 4.90 Å². The van der Waals surface area contributed by atoms with Gasteiger partial charge >= 0.3 is 0 Å². The highest BCUT2D eigenvalue weighted by Gasteiger charge is 2.25. The summed E-state index contributed by atoms with van der Waals surface area (Å²) >= 11 is 1.35. The SMILES string of the molecule is CCn1c(SCC(=O)N2CCc3ccccc32)nnc1-c1ccc([N+](=O)[O-])cc1. The van der Waals surface area contributed by atoms with Crippen LogP contribution in [-0.2, 0) is 17.8 Å². The zero-order valence-corrected chi connectivity index (χ0v) is 16.6. The first-order valence-corrected chi connectivity index (χ1v) is 10.3. The zero-order valence-electron chi connectivity index (χ0n) is 15.8. The Bertz CT molecular complexity index is 1060. The highest BCUT2D eigenvalue weighted by Crippen LogP contribution is 2.30. The molecule has 4 rings (SSSR count). The van der Waals surface area contributed by atoms with Crippen LogP contribution >= 0.6 is 11.8 Å². The van der Waals surface area contributed by atoms with Crippen molar-refractivity contribution in [3.63, 3.8) is 0 Å². The van der Waals surface area contributed by atoms with E-state index in [9.17, 15) is 14.9 Å². The molecule has 9 heteroatoms. The van der Waals surface area contributed by atoms with Crippen molar-refractivity contribution in [3.05, 3.63) is 64.2 Å². The topological polar surface area (TPSA) is 94.2 Å². The predicted octanol–water partition coefficient (Wildman–Crippen LogP) is 3.55. The smallest absolute Gasteiger partial charge is 0.269 e. The van der Waals surface area contributed by atoms with Crippen molar-refractivity contribution in [1.82, 2.24) is 14.8 Å². The zero-order chi connectivity index (χ0) is 20.4. The van der Waals surface area contributed by atoms with E-state index in [2.05, 4.69) is 16.3 Å². The van der Waals surface area contributed by atoms with Gasteiger partial charge in [-0.3, -0.25) is 14.9 Å². The Kier molecular flexibility index (Phi) is 5.30. The third-order valence-electron chi connectivity index (χ3n) is 4.88. The predicted molar refractivity (Wildman–Crippen MR) is 111 cm³/mol. The standard InChI is InChI=1S/C20H19N5O3S/c1-2-23-19(15-7-9-16(10-8-15)25(27)28)21-22-20(23)29-13-18(26)24-12-11-14-5-3-4-6-17(14)24/h3-10H,2,11-13H2,1H3. The van der Waals surface area contributed by atoms with Gasteiger partial charge < -0.3 is 9.47 Å². The number of hydrogen-bond acceptors (Lipinski definition) is 6. The molecule has 29 heavy (non-hydrogen) atoms. The van der Waals surface area contributed by atoms with E-state index in [-0.39, 0.29) is 17.3 Å². The van der Waals surface area contributed by atoms with Crippen LogP contribution in [0.2, 0.25) is 0 Å². The van der Waals surface area contributed by atoms with Crippen molar-refractivity contribution in [2.75, 3.05) is 17.2 Å². The molecule has 1 aliphatic heterocycles. The van der Waals surface area contributed by atoms with E-state index < -0.39 is 4.92 Å². The van der Waals surface area contributed by atoms with Gasteiger partial charge in [-0.1, -0.05) is 30.0 Å². The van der Waals surface area contributed by atoms with Crippen molar-refractivity contribution in [2.24, 2.45) is 0 Å². The first-order valence-electron chi connectivity index (χ1n) is 9.27. The summed E-state index contributed by atoms with van der Waals surface area (Å²) < 4.78 is 1.91. The lowest BCUT2D eigenvalue weighted by molar-refractivity contribution is -0.384. The Hall–Kier alpha value is -3.20. The third kappa shape index (κ3) is 3.73. The van der Waals surface area contributed by atoms with Gasteiger partial charge in [0.2, 0.25) is 5.91 Å². The Labute approximate surface area is 171 Å². The highest BCUT2D eigenvalue weighted by molar-refractivity contribution is 7.99. The molecule has 148 valence electrons. The van der Waals surface area contributed by atoms with Crippen LogP contribution in [0.1, 0.15) is 12.5 Å². The molecule has 0 saturated carbocycles. The molecular formula is C20H19N5O3S. The minimum atomic E-state index is -0.433. The molecule has 1 amide bonds. The molecule has 2 heterocycles. The monoisotopic (exact) mass is 409 g/mol. The molecule has 0 saturated heterocycles. The minimum absolute atomic E-state index is 0.0300. The summed E-state index contributed by atoms with van der Waals surface area (Å²) in [6.07, 6.45) is 0.877. The molecule has 8 nitrogen and oxygen atoms in total. The maximum absolute atomic E-state index is 12.7. The number of fused-ring (bicyclic) bond motifs is 1. The number of nitro groups is 1. The molecule has 0 atom stereocenters. The summed E-state index contributed by atoms with van der Waals surface area (Å²) in [5.41, 5.74) is 2.96. The van der Waals surface area contributed by atoms with E-state index in [1.807, 2.05) is 34.6 Å². The summed E-state index contributed by atoms with van der Waals surface area (Å²) in [5, 5.41) is 20.0. The first-order chi connectivity index (χ1) is 14.1. The number of rotatable bonds is 6. The second kappa shape index (κ2) is 8.04. The Morgan fingerprint density at radius 3 is 2.66 bits per heavy atom. The van der Waals surface area contributed by atoms with Crippen molar-refractivity contribution in [1.29, 1.82) is 0 Å². The quantitative estimate of drug-likeness (QED) is 0.351. The van der Waals surface area contributed by atoms with Crippen molar-refractivity contribution in [3.8, 4) is 11.4 Å². The number of para-hydroxylation sites is 1. The average Bonchev–Trinajstić information content (AvgIpc) is 3.36. The van der Waals surface area contributed by atoms with E-state index in [0.717, 1.165) is 17.7 Å². The number of aromatic nitrogens is 3. The second-order valence-electron chi connectivity index (χ2n) is 6.57. The van der Waals surface area contributed by atoms with Gasteiger partial charge in [-0.2, -0.15) is 0 Å². The number of benzene rings is 2. The number of nitro benzene ring substituents is 1. The van der Waals surface area contributed by atoms with Crippen LogP contribution in [0, 0.1) is 10.1 Å². The van der Waals surface area contributed by atoms with Crippen LogP contribution in [-0.4, -0.2) is 37.9 Å². The molecule has 0 unspecified atom stereocenters. The largest absolute Gasteiger partial charge is 0.311 e. The van der Waals surface area contributed by atoms with Crippen LogP contribution in [0.3, 0.4) is 0 Å². The van der Waals surface area contributed by atoms with Gasteiger partial charge in [0.1, 0.15) is 0 Å². The molecule has 0 N–H and O–H groups in total. The average molecular weight is 409 g/mol. The van der Waals surface area contributed by atoms with Crippen LogP contribution in [0.5, 0.6) is 0 Å². The number of amides is 1. The van der Waals surface area contributed by atoms with Crippen LogP contribution in [0.4, 0.5) is 11.4 Å². The molecule has 1 aliphatic rings. The van der Waals surface area contributed by atoms with E-state index in [0.29, 0.717) is 24.1 Å². The second-order valence-corrected chi connectivity index (χ2v) is 7.51. The maximum Gasteiger partial charge on any atom is 0.269 e. The van der Waals surface area contributed by atoms with Crippen LogP contribution in [0.15, 0.2) is 53.7 Å². The van der Waals surface area contributed by atoms with Gasteiger partial charge in [0.05, 0.1) is 10.7 Å². The lowest BCUT2D eigenvalue weighted by Gasteiger charge is -2.17. The summed E-state index contributed by atoms with van der Waals surface area (Å²) in [4.78, 5) is 25.0. The van der Waals surface area contributed by atoms with E-state index in [4.69, 9.17) is 0 Å². The number of anilines is 1. The molecule has 0 bridgehead atoms. The van der Waals surface area contributed by atoms with E-state index in [1.165, 1.54) is 29.5 Å². The maximum atomic E-state index is 12.7. The van der Waals surface area contributed by atoms with Crippen molar-refractivity contribution in [2.45, 2.75) is 25.0 Å². The molecular weight excluding hydrogens is 390 g/mol. The van der Waals surface area contributed by atoms with E-state index in [1.54, 1.807) is 12.1 Å². The third-order valence-corrected chi connectivity index (χ3v) is 5.83. The molecule has 2 aromatic carbocycles. The first kappa shape index (κ1) is 19.1. The van der Waals surface area contributed by atoms with Crippen LogP contribution in [0.25, 0.3) is 11.4 Å². The van der Waals surface area contributed by atoms with Gasteiger partial charge in [0.15, 0.2) is 11.0 Å². The number of thioether (sulfide) groups is 1. The molecule has 0 aliphatic carbocycles. The Morgan fingerprint density at radius 2 is 1.93 bits per heavy atom. The van der Waals surface area contributed by atoms with Crippen molar-refractivity contribution >= 4 is 29.0 Å². The molecule has 3 aromatic rings. The van der Waals surface area contributed by atoms with Gasteiger partial charge in [-0.25, -0.2) is 0 Å². The molecule has 0 spiro atoms. The minimum Gasteiger partial charge on any atom is -0.311 e. The normalized spacial score (nSPS) is 12.8. The van der Waals surface area contributed by atoms with Gasteiger partial charge in [0, 0.05) is 36.5 Å². The lowest BCUT2D eigenvalue weighted by atomic mass is 10.2. The van der Waals surface area contributed by atoms with E-state index >= 15 is 0 Å². The Balaban J connectivity index is 1.49. The number of hydrogen-bond donors (Lipinski definition) is 0. The van der Waals surface area contributed by atoms with Gasteiger partial charge in [-0.05, 0) is 37.1 Å². The van der Waals surface area contributed by atoms with Crippen molar-refractivity contribution < 1.29 is 9.72 Å². The number of nitrogens with zero attached hydrogens (tertiary/aromatic N) is 5. The number of carbonyl (C=O) groups excluding carboxylic acids is 1.